The number of hydrogen-bond acceptors (Lipinski definition) is 10. The summed E-state index contributed by atoms with van der Waals surface area (Å²) in [6.07, 6.45) is 17.5. The number of cyclic esters (lactones) is 1. The highest BCUT2D eigenvalue weighted by molar-refractivity contribution is 6.07. The van der Waals surface area contributed by atoms with Crippen LogP contribution in [0.1, 0.15) is 105 Å². The van der Waals surface area contributed by atoms with Crippen LogP contribution in [0.2, 0.25) is 0 Å². The van der Waals surface area contributed by atoms with Crippen molar-refractivity contribution in [2.24, 2.45) is 52.3 Å². The van der Waals surface area contributed by atoms with E-state index in [1.165, 1.54) is 11.1 Å². The van der Waals surface area contributed by atoms with Gasteiger partial charge in [0.25, 0.3) is 0 Å². The molecule has 5 aliphatic heterocycles. The quantitative estimate of drug-likeness (QED) is 0.0848. The molecule has 10 heteroatoms. The topological polar surface area (TPSA) is 149 Å². The summed E-state index contributed by atoms with van der Waals surface area (Å²) in [7, 11) is 2.05. The van der Waals surface area contributed by atoms with Crippen LogP contribution in [0.5, 0.6) is 5.75 Å². The zero-order chi connectivity index (χ0) is 51.3. The summed E-state index contributed by atoms with van der Waals surface area (Å²) in [4.78, 5) is 30.4. The van der Waals surface area contributed by atoms with Gasteiger partial charge in [-0.25, -0.2) is 9.59 Å². The number of esters is 2. The number of carbonyl (C=O) groups is 2. The highest BCUT2D eigenvalue weighted by Gasteiger charge is 2.68. The first-order valence-electron chi connectivity index (χ1n) is 28.4. The van der Waals surface area contributed by atoms with Crippen LogP contribution in [-0.4, -0.2) is 66.8 Å². The van der Waals surface area contributed by atoms with Gasteiger partial charge in [-0.1, -0.05) is 78.9 Å². The van der Waals surface area contributed by atoms with E-state index in [-0.39, 0.29) is 66.2 Å². The van der Waals surface area contributed by atoms with Gasteiger partial charge in [0, 0.05) is 36.8 Å². The Hall–Kier alpha value is -5.62. The molecule has 14 bridgehead atoms. The van der Waals surface area contributed by atoms with Gasteiger partial charge in [-0.15, -0.1) is 0 Å². The molecule has 2 saturated carbocycles. The summed E-state index contributed by atoms with van der Waals surface area (Å²) >= 11 is 0. The van der Waals surface area contributed by atoms with Gasteiger partial charge in [-0.3, -0.25) is 0 Å². The average Bonchev–Trinajstić information content (AvgIpc) is 4.07. The number of benzene rings is 4. The number of aliphatic hydroxyl groups excluding tert-OH is 2. The van der Waals surface area contributed by atoms with Crippen molar-refractivity contribution in [2.75, 3.05) is 33.4 Å². The predicted octanol–water partition coefficient (Wildman–Crippen LogP) is 10.3. The number of phenols is 1. The van der Waals surface area contributed by atoms with Crippen LogP contribution < -0.4 is 16.0 Å². The van der Waals surface area contributed by atoms with E-state index in [1.807, 2.05) is 30.3 Å². The molecule has 75 heavy (non-hydrogen) atoms. The van der Waals surface area contributed by atoms with Gasteiger partial charge < -0.3 is 40.7 Å². The van der Waals surface area contributed by atoms with E-state index in [1.54, 1.807) is 6.07 Å². The molecule has 4 fully saturated rings. The Morgan fingerprint density at radius 2 is 1.68 bits per heavy atom. The normalized spacial score (nSPS) is 31.9. The van der Waals surface area contributed by atoms with Crippen LogP contribution in [-0.2, 0) is 44.9 Å². The van der Waals surface area contributed by atoms with Crippen molar-refractivity contribution < 1.29 is 34.4 Å². The van der Waals surface area contributed by atoms with Crippen molar-refractivity contribution in [3.05, 3.63) is 165 Å². The summed E-state index contributed by atoms with van der Waals surface area (Å²) in [5.74, 6) is 1.55. The summed E-state index contributed by atoms with van der Waals surface area (Å²) < 4.78 is 13.3. The fourth-order valence-electron chi connectivity index (χ4n) is 16.3. The van der Waals surface area contributed by atoms with Crippen LogP contribution in [0.15, 0.2) is 137 Å². The Morgan fingerprint density at radius 1 is 0.827 bits per heavy atom. The first kappa shape index (κ1) is 50.2. The van der Waals surface area contributed by atoms with Crippen molar-refractivity contribution in [2.45, 2.75) is 109 Å². The number of fused-ring (bicyclic) bond motifs is 5. The standard InChI is InChI=1S/C65H75N3O7/c1-66-57-35-48(22-27-68-57)64-24-20-55-53-18-17-52-51-19-25-65(60(52)59(53)62(72)74-55)56(34-43(23-29-70)30-40-8-3-2-4-9-40)75-63(73)61(65)58(51)54-36-49(71)15-16-50(54)45-13-6-12-44(33-45)39-67-26-21-41-10-5-11-42(31-41)32-47(38-64)46(37-64)14-7-28-69/h2-6,8-13,15-16,20,31,33-34,36,43,46-48,51-52,57,60,66-71H,7,14,17-19,21-30,32,35,37-39H2,1H3/b55-20-,56-34-/t43-,46-,47-,48-,51-,52+,57-,60-,64+,65-/m1/s1. The summed E-state index contributed by atoms with van der Waals surface area (Å²) in [6, 6.07) is 33.7. The largest absolute Gasteiger partial charge is 0.508 e. The third kappa shape index (κ3) is 9.26. The highest BCUT2D eigenvalue weighted by atomic mass is 16.6. The fraction of sp³-hybridized carbons (Fsp3) is 0.477. The Kier molecular flexibility index (Phi) is 14.1. The second-order valence-electron chi connectivity index (χ2n) is 23.6. The number of ether oxygens (including phenoxy) is 2. The van der Waals surface area contributed by atoms with Gasteiger partial charge in [0.15, 0.2) is 0 Å². The summed E-state index contributed by atoms with van der Waals surface area (Å²) in [6.45, 7) is 2.63. The van der Waals surface area contributed by atoms with Crippen molar-refractivity contribution in [1.29, 1.82) is 0 Å². The smallest absolute Gasteiger partial charge is 0.340 e. The second kappa shape index (κ2) is 21.1. The Balaban J connectivity index is 1.03. The maximum atomic E-state index is 15.2. The third-order valence-electron chi connectivity index (χ3n) is 19.6. The molecule has 0 amide bonds. The molecular formula is C65H75N3O7. The number of hydrogen-bond donors (Lipinski definition) is 6. The average molecular weight is 1010 g/mol. The number of aromatic hydroxyl groups is 1. The molecule has 10 aliphatic rings. The molecule has 14 rings (SSSR count). The molecular weight excluding hydrogens is 935 g/mol. The lowest BCUT2D eigenvalue weighted by Crippen LogP contribution is -2.52. The number of piperidine rings is 1. The highest BCUT2D eigenvalue weighted by Crippen LogP contribution is 2.72. The van der Waals surface area contributed by atoms with Crippen LogP contribution in [0.25, 0.3) is 16.7 Å². The fourth-order valence-corrected chi connectivity index (χ4v) is 16.3. The monoisotopic (exact) mass is 1010 g/mol. The van der Waals surface area contributed by atoms with Crippen LogP contribution in [0, 0.1) is 52.3 Å². The van der Waals surface area contributed by atoms with Gasteiger partial charge >= 0.3 is 11.9 Å². The van der Waals surface area contributed by atoms with Crippen molar-refractivity contribution >= 4 is 17.5 Å². The molecule has 4 aromatic rings. The van der Waals surface area contributed by atoms with E-state index in [0.29, 0.717) is 72.6 Å². The first-order chi connectivity index (χ1) is 36.7. The number of aliphatic hydroxyl groups is 2. The lowest BCUT2D eigenvalue weighted by atomic mass is 9.44. The molecule has 5 heterocycles. The lowest BCUT2D eigenvalue weighted by molar-refractivity contribution is -0.135. The van der Waals surface area contributed by atoms with E-state index in [0.717, 1.165) is 123 Å². The molecule has 0 unspecified atom stereocenters. The molecule has 10 nitrogen and oxygen atoms in total. The number of carbonyl (C=O) groups excluding carboxylic acids is 2. The predicted molar refractivity (Wildman–Crippen MR) is 291 cm³/mol. The number of phenolic OH excluding ortho intramolecular Hbond substituents is 1. The maximum absolute atomic E-state index is 15.2. The van der Waals surface area contributed by atoms with E-state index >= 15 is 9.59 Å². The molecule has 392 valence electrons. The van der Waals surface area contributed by atoms with Gasteiger partial charge in [0.1, 0.15) is 17.3 Å². The first-order valence-corrected chi connectivity index (χ1v) is 28.4. The van der Waals surface area contributed by atoms with Crippen LogP contribution >= 0.6 is 0 Å². The Morgan fingerprint density at radius 3 is 2.53 bits per heavy atom. The van der Waals surface area contributed by atoms with Crippen molar-refractivity contribution in [3.63, 3.8) is 0 Å². The van der Waals surface area contributed by atoms with Gasteiger partial charge in [-0.05, 0) is 232 Å². The number of rotatable bonds is 10. The van der Waals surface area contributed by atoms with Gasteiger partial charge in [0.2, 0.25) is 0 Å². The molecule has 2 saturated heterocycles. The zero-order valence-corrected chi connectivity index (χ0v) is 43.6. The van der Waals surface area contributed by atoms with E-state index in [2.05, 4.69) is 95.8 Å². The third-order valence-corrected chi connectivity index (χ3v) is 19.6. The van der Waals surface area contributed by atoms with Crippen molar-refractivity contribution in [1.82, 2.24) is 16.0 Å². The minimum absolute atomic E-state index is 0.00647. The zero-order valence-electron chi connectivity index (χ0n) is 43.6. The Bertz CT molecular complexity index is 2960. The van der Waals surface area contributed by atoms with E-state index in [9.17, 15) is 15.3 Å². The van der Waals surface area contributed by atoms with Crippen molar-refractivity contribution in [3.8, 4) is 16.9 Å². The van der Waals surface area contributed by atoms with Crippen LogP contribution in [0.3, 0.4) is 0 Å². The van der Waals surface area contributed by atoms with Gasteiger partial charge in [-0.2, -0.15) is 0 Å². The summed E-state index contributed by atoms with van der Waals surface area (Å²) in [5, 5.41) is 43.2. The molecule has 10 atom stereocenters. The minimum Gasteiger partial charge on any atom is -0.508 e. The molecule has 6 N–H and O–H groups in total. The molecule has 1 spiro atoms. The molecule has 4 aromatic carbocycles. The SMILES string of the molecule is CN[C@H]1C[C@H]([C@]23C/C=C4\OC(=O)C5=C4CC[C@H]4[C@H]6CC[C@]7(C(=C6c6cc(O)ccc6-c6cccc(c6)CNCCc6cccc(c6)C[C@H](C2)[C@H](CCCO)C3)C(=O)O/C7=C\[C@H](CCO)Cc2ccccc2)[C@@H]54)CCN1. The summed E-state index contributed by atoms with van der Waals surface area (Å²) in [5.41, 5.74) is 10.0. The van der Waals surface area contributed by atoms with Crippen LogP contribution in [0.4, 0.5) is 0 Å². The molecule has 5 aliphatic carbocycles. The molecule has 0 radical (unpaired) electrons. The Labute approximate surface area is 442 Å². The maximum Gasteiger partial charge on any atom is 0.340 e. The second-order valence-corrected chi connectivity index (χ2v) is 23.6. The van der Waals surface area contributed by atoms with Gasteiger partial charge in [0.05, 0.1) is 17.2 Å². The minimum atomic E-state index is -0.958. The number of nitrogens with one attached hydrogen (secondary N) is 3. The van der Waals surface area contributed by atoms with E-state index in [4.69, 9.17) is 9.47 Å². The van der Waals surface area contributed by atoms with E-state index < -0.39 is 5.41 Å². The molecule has 0 aromatic heterocycles. The lowest BCUT2D eigenvalue weighted by Gasteiger charge is -2.56. The number of allylic oxidation sites excluding steroid dienone is 5.